The SMILES string of the molecule is C#CCOCCOCCOCCN1C(=O)C=CC1=O. The highest BCUT2D eigenvalue weighted by Crippen LogP contribution is 2.02. The van der Waals surface area contributed by atoms with Crippen molar-refractivity contribution in [3.63, 3.8) is 0 Å². The normalized spacial score (nSPS) is 14.2. The Hall–Kier alpha value is -1.68. The van der Waals surface area contributed by atoms with Crippen LogP contribution in [0.2, 0.25) is 0 Å². The number of hydrogen-bond donors (Lipinski definition) is 0. The second kappa shape index (κ2) is 9.28. The van der Waals surface area contributed by atoms with E-state index in [1.807, 2.05) is 0 Å². The Labute approximate surface area is 112 Å². The predicted molar refractivity (Wildman–Crippen MR) is 67.2 cm³/mol. The van der Waals surface area contributed by atoms with Gasteiger partial charge in [-0.15, -0.1) is 6.42 Å². The Morgan fingerprint density at radius 1 is 0.947 bits per heavy atom. The smallest absolute Gasteiger partial charge is 0.253 e. The third-order valence-corrected chi connectivity index (χ3v) is 2.29. The molecule has 0 atom stereocenters. The van der Waals surface area contributed by atoms with Crippen LogP contribution in [0.5, 0.6) is 0 Å². The maximum atomic E-state index is 11.2. The van der Waals surface area contributed by atoms with Crippen LogP contribution in [0.1, 0.15) is 0 Å². The van der Waals surface area contributed by atoms with Gasteiger partial charge in [-0.05, 0) is 0 Å². The topological polar surface area (TPSA) is 65.1 Å². The highest BCUT2D eigenvalue weighted by molar-refractivity contribution is 6.12. The Morgan fingerprint density at radius 3 is 2.05 bits per heavy atom. The number of amides is 2. The second-order valence-electron chi connectivity index (χ2n) is 3.64. The molecule has 19 heavy (non-hydrogen) atoms. The van der Waals surface area contributed by atoms with Crippen LogP contribution in [0.4, 0.5) is 0 Å². The predicted octanol–water partition coefficient (Wildman–Crippen LogP) is -0.406. The quantitative estimate of drug-likeness (QED) is 0.306. The average Bonchev–Trinajstić information content (AvgIpc) is 2.72. The van der Waals surface area contributed by atoms with E-state index in [1.165, 1.54) is 12.2 Å². The molecule has 0 aliphatic carbocycles. The molecule has 1 aliphatic heterocycles. The third-order valence-electron chi connectivity index (χ3n) is 2.29. The van der Waals surface area contributed by atoms with Gasteiger partial charge in [-0.3, -0.25) is 14.5 Å². The number of imide groups is 1. The number of nitrogens with zero attached hydrogens (tertiary/aromatic N) is 1. The summed E-state index contributed by atoms with van der Waals surface area (Å²) in [6, 6.07) is 0. The van der Waals surface area contributed by atoms with Crippen molar-refractivity contribution in [1.82, 2.24) is 4.90 Å². The summed E-state index contributed by atoms with van der Waals surface area (Å²) < 4.78 is 15.5. The van der Waals surface area contributed by atoms with Gasteiger partial charge in [-0.25, -0.2) is 0 Å². The first-order valence-corrected chi connectivity index (χ1v) is 5.96. The van der Waals surface area contributed by atoms with E-state index in [4.69, 9.17) is 20.6 Å². The zero-order valence-corrected chi connectivity index (χ0v) is 10.7. The number of carbonyl (C=O) groups excluding carboxylic acids is 2. The molecule has 0 aromatic carbocycles. The van der Waals surface area contributed by atoms with Gasteiger partial charge in [0.15, 0.2) is 0 Å². The van der Waals surface area contributed by atoms with Crippen LogP contribution < -0.4 is 0 Å². The molecule has 0 fully saturated rings. The molecule has 0 radical (unpaired) electrons. The van der Waals surface area contributed by atoms with Gasteiger partial charge in [0.05, 0.1) is 39.6 Å². The van der Waals surface area contributed by atoms with E-state index in [0.29, 0.717) is 33.0 Å². The lowest BCUT2D eigenvalue weighted by atomic mass is 10.5. The van der Waals surface area contributed by atoms with Crippen LogP contribution in [0.3, 0.4) is 0 Å². The average molecular weight is 267 g/mol. The summed E-state index contributed by atoms with van der Waals surface area (Å²) in [7, 11) is 0. The van der Waals surface area contributed by atoms with Crippen LogP contribution >= 0.6 is 0 Å². The second-order valence-corrected chi connectivity index (χ2v) is 3.64. The molecule has 6 nitrogen and oxygen atoms in total. The lowest BCUT2D eigenvalue weighted by Crippen LogP contribution is -2.33. The van der Waals surface area contributed by atoms with Crippen LogP contribution in [-0.2, 0) is 23.8 Å². The van der Waals surface area contributed by atoms with E-state index < -0.39 is 0 Å². The molecule has 1 heterocycles. The molecule has 6 heteroatoms. The van der Waals surface area contributed by atoms with Gasteiger partial charge in [0.1, 0.15) is 6.61 Å². The van der Waals surface area contributed by atoms with Gasteiger partial charge < -0.3 is 14.2 Å². The summed E-state index contributed by atoms with van der Waals surface area (Å²) in [5.41, 5.74) is 0. The lowest BCUT2D eigenvalue weighted by Gasteiger charge is -2.13. The maximum Gasteiger partial charge on any atom is 0.253 e. The molecule has 1 aliphatic rings. The number of terminal acetylenes is 1. The summed E-state index contributed by atoms with van der Waals surface area (Å²) in [6.07, 6.45) is 7.51. The zero-order valence-electron chi connectivity index (χ0n) is 10.7. The first-order valence-electron chi connectivity index (χ1n) is 5.96. The van der Waals surface area contributed by atoms with Crippen molar-refractivity contribution in [2.45, 2.75) is 0 Å². The van der Waals surface area contributed by atoms with Crippen LogP contribution in [0.25, 0.3) is 0 Å². The van der Waals surface area contributed by atoms with E-state index in [1.54, 1.807) is 0 Å². The summed E-state index contributed by atoms with van der Waals surface area (Å²) >= 11 is 0. The van der Waals surface area contributed by atoms with Gasteiger partial charge in [0.2, 0.25) is 0 Å². The molecule has 0 N–H and O–H groups in total. The minimum atomic E-state index is -0.296. The first kappa shape index (κ1) is 15.4. The zero-order chi connectivity index (χ0) is 13.9. The van der Waals surface area contributed by atoms with Crippen molar-refractivity contribution in [2.24, 2.45) is 0 Å². The van der Waals surface area contributed by atoms with Gasteiger partial charge in [0, 0.05) is 12.2 Å². The number of hydrogen-bond acceptors (Lipinski definition) is 5. The molecule has 0 spiro atoms. The van der Waals surface area contributed by atoms with Gasteiger partial charge >= 0.3 is 0 Å². The number of ether oxygens (including phenoxy) is 3. The molecule has 0 saturated carbocycles. The number of carbonyl (C=O) groups is 2. The van der Waals surface area contributed by atoms with Gasteiger partial charge in [-0.1, -0.05) is 5.92 Å². The molecule has 0 saturated heterocycles. The minimum absolute atomic E-state index is 0.260. The minimum Gasteiger partial charge on any atom is -0.377 e. The van der Waals surface area contributed by atoms with E-state index in [-0.39, 0.29) is 25.0 Å². The van der Waals surface area contributed by atoms with Gasteiger partial charge in [0.25, 0.3) is 11.8 Å². The molecule has 104 valence electrons. The van der Waals surface area contributed by atoms with Crippen molar-refractivity contribution < 1.29 is 23.8 Å². The van der Waals surface area contributed by atoms with Crippen LogP contribution in [0, 0.1) is 12.3 Å². The van der Waals surface area contributed by atoms with Crippen LogP contribution in [0.15, 0.2) is 12.2 Å². The molecular formula is C13H17NO5. The summed E-state index contributed by atoms with van der Waals surface area (Å²) in [4.78, 5) is 23.5. The third kappa shape index (κ3) is 6.15. The maximum absolute atomic E-state index is 11.2. The highest BCUT2D eigenvalue weighted by atomic mass is 16.5. The molecule has 2 amide bonds. The Bertz CT molecular complexity index is 354. The summed E-state index contributed by atoms with van der Waals surface area (Å²) in [5, 5.41) is 0. The Balaban J connectivity index is 1.88. The van der Waals surface area contributed by atoms with Gasteiger partial charge in [-0.2, -0.15) is 0 Å². The fraction of sp³-hybridized carbons (Fsp3) is 0.538. The van der Waals surface area contributed by atoms with Crippen molar-refractivity contribution in [1.29, 1.82) is 0 Å². The first-order chi connectivity index (χ1) is 9.25. The van der Waals surface area contributed by atoms with Crippen LogP contribution in [-0.4, -0.2) is 62.9 Å². The van der Waals surface area contributed by atoms with Crippen molar-refractivity contribution in [2.75, 3.05) is 46.2 Å². The van der Waals surface area contributed by atoms with E-state index >= 15 is 0 Å². The Morgan fingerprint density at radius 2 is 1.47 bits per heavy atom. The fourth-order valence-corrected chi connectivity index (χ4v) is 1.38. The van der Waals surface area contributed by atoms with E-state index in [9.17, 15) is 9.59 Å². The summed E-state index contributed by atoms with van der Waals surface area (Å²) in [5.74, 6) is 1.76. The van der Waals surface area contributed by atoms with E-state index in [2.05, 4.69) is 5.92 Å². The monoisotopic (exact) mass is 267 g/mol. The highest BCUT2D eigenvalue weighted by Gasteiger charge is 2.22. The standard InChI is InChI=1S/C13H17NO5/c1-2-6-17-8-10-19-11-9-18-7-5-14-12(15)3-4-13(14)16/h1,3-4H,5-11H2. The molecule has 0 bridgehead atoms. The molecule has 0 unspecified atom stereocenters. The molecule has 0 aromatic heterocycles. The fourth-order valence-electron chi connectivity index (χ4n) is 1.38. The van der Waals surface area contributed by atoms with Crippen molar-refractivity contribution in [3.8, 4) is 12.3 Å². The molecular weight excluding hydrogens is 250 g/mol. The van der Waals surface area contributed by atoms with E-state index in [0.717, 1.165) is 4.90 Å². The van der Waals surface area contributed by atoms with Crippen molar-refractivity contribution >= 4 is 11.8 Å². The van der Waals surface area contributed by atoms with Crippen molar-refractivity contribution in [3.05, 3.63) is 12.2 Å². The largest absolute Gasteiger partial charge is 0.377 e. The number of rotatable bonds is 10. The lowest BCUT2D eigenvalue weighted by molar-refractivity contribution is -0.137. The molecule has 0 aromatic rings. The Kier molecular flexibility index (Phi) is 7.51. The summed E-state index contributed by atoms with van der Waals surface area (Å²) in [6.45, 7) is 2.58. The molecule has 1 rings (SSSR count).